The van der Waals surface area contributed by atoms with E-state index in [0.717, 1.165) is 22.1 Å². The second kappa shape index (κ2) is 7.61. The van der Waals surface area contributed by atoms with Gasteiger partial charge in [0.1, 0.15) is 0 Å². The first-order chi connectivity index (χ1) is 9.57. The highest BCUT2D eigenvalue weighted by Crippen LogP contribution is 2.22. The number of nitrogens with one attached hydrogen (secondary N) is 1. The lowest BCUT2D eigenvalue weighted by molar-refractivity contribution is -0.146. The highest BCUT2D eigenvalue weighted by Gasteiger charge is 2.26. The van der Waals surface area contributed by atoms with Gasteiger partial charge in [0.15, 0.2) is 0 Å². The predicted octanol–water partition coefficient (Wildman–Crippen LogP) is 4.81. The smallest absolute Gasteiger partial charge is 0.376 e. The second-order valence-electron chi connectivity index (χ2n) is 5.95. The largest absolute Gasteiger partial charge is 0.391 e. The minimum Gasteiger partial charge on any atom is -0.376 e. The predicted molar refractivity (Wildman–Crippen MR) is 81.1 cm³/mol. The maximum atomic E-state index is 12.0. The molecule has 2 nitrogen and oxygen atoms in total. The van der Waals surface area contributed by atoms with Crippen molar-refractivity contribution in [1.82, 2.24) is 5.32 Å². The molecule has 0 aliphatic heterocycles. The normalized spacial score (nSPS) is 12.7. The zero-order valence-corrected chi connectivity index (χ0v) is 14.1. The van der Waals surface area contributed by atoms with Gasteiger partial charge in [-0.05, 0) is 38.0 Å². The van der Waals surface area contributed by atoms with Crippen LogP contribution in [-0.2, 0) is 17.9 Å². The van der Waals surface area contributed by atoms with Gasteiger partial charge in [-0.25, -0.2) is 0 Å². The monoisotopic (exact) mass is 367 g/mol. The van der Waals surface area contributed by atoms with Crippen LogP contribution in [0.3, 0.4) is 0 Å². The van der Waals surface area contributed by atoms with Crippen LogP contribution in [-0.4, -0.2) is 18.3 Å². The van der Waals surface area contributed by atoms with Crippen molar-refractivity contribution in [1.29, 1.82) is 0 Å². The minimum atomic E-state index is -4.17. The van der Waals surface area contributed by atoms with Gasteiger partial charge >= 0.3 is 6.18 Å². The van der Waals surface area contributed by atoms with Gasteiger partial charge in [-0.15, -0.1) is 0 Å². The molecule has 0 aromatic heterocycles. The van der Waals surface area contributed by atoms with Gasteiger partial charge in [0.05, 0.1) is 19.6 Å². The fourth-order valence-corrected chi connectivity index (χ4v) is 2.10. The summed E-state index contributed by atoms with van der Waals surface area (Å²) in [6.45, 7) is 6.85. The Bertz CT molecular complexity index is 455. The summed E-state index contributed by atoms with van der Waals surface area (Å²) in [5, 5.41) is 3.38. The van der Waals surface area contributed by atoms with Crippen LogP contribution in [0.2, 0.25) is 0 Å². The Morgan fingerprint density at radius 1 is 1.19 bits per heavy atom. The summed E-state index contributed by atoms with van der Waals surface area (Å²) in [6.07, 6.45) is -5.09. The Hall–Kier alpha value is -0.590. The third-order valence-electron chi connectivity index (χ3n) is 2.73. The Kier molecular flexibility index (Phi) is 6.69. The Balaban J connectivity index is 2.47. The molecular formula is C15H21BrF3NO. The Morgan fingerprint density at radius 2 is 1.86 bits per heavy atom. The van der Waals surface area contributed by atoms with E-state index >= 15 is 0 Å². The standard InChI is InChI=1S/C15H21BrF3NO/c1-14(2,3)20-9-11-4-5-12(13(16)8-11)10-21-7-6-15(17,18)19/h4-5,8,20H,6-7,9-10H2,1-3H3. The molecule has 0 aliphatic rings. The number of ether oxygens (including phenoxy) is 1. The van der Waals surface area contributed by atoms with Gasteiger partial charge in [0, 0.05) is 16.6 Å². The van der Waals surface area contributed by atoms with Gasteiger partial charge in [-0.3, -0.25) is 0 Å². The van der Waals surface area contributed by atoms with Crippen LogP contribution in [0.15, 0.2) is 22.7 Å². The SMILES string of the molecule is CC(C)(C)NCc1ccc(COCCC(F)(F)F)c(Br)c1. The van der Waals surface area contributed by atoms with E-state index < -0.39 is 12.6 Å². The van der Waals surface area contributed by atoms with Crippen LogP contribution in [0.1, 0.15) is 38.3 Å². The topological polar surface area (TPSA) is 21.3 Å². The Labute approximate surface area is 132 Å². The third-order valence-corrected chi connectivity index (χ3v) is 3.47. The molecule has 0 radical (unpaired) electrons. The molecule has 1 aromatic rings. The van der Waals surface area contributed by atoms with Crippen LogP contribution >= 0.6 is 15.9 Å². The van der Waals surface area contributed by atoms with Crippen LogP contribution in [0.4, 0.5) is 13.2 Å². The average Bonchev–Trinajstić information content (AvgIpc) is 2.32. The van der Waals surface area contributed by atoms with E-state index in [0.29, 0.717) is 0 Å². The average molecular weight is 368 g/mol. The van der Waals surface area contributed by atoms with Crippen molar-refractivity contribution in [3.05, 3.63) is 33.8 Å². The molecule has 21 heavy (non-hydrogen) atoms. The highest BCUT2D eigenvalue weighted by molar-refractivity contribution is 9.10. The van der Waals surface area contributed by atoms with E-state index in [1.165, 1.54) is 0 Å². The zero-order chi connectivity index (χ0) is 16.1. The summed E-state index contributed by atoms with van der Waals surface area (Å²) in [5.41, 5.74) is 1.98. The summed E-state index contributed by atoms with van der Waals surface area (Å²) in [7, 11) is 0. The van der Waals surface area contributed by atoms with Gasteiger partial charge in [-0.2, -0.15) is 13.2 Å². The molecule has 0 aliphatic carbocycles. The van der Waals surface area contributed by atoms with Crippen molar-refractivity contribution in [2.75, 3.05) is 6.61 Å². The fraction of sp³-hybridized carbons (Fsp3) is 0.600. The molecule has 6 heteroatoms. The molecule has 1 rings (SSSR count). The molecule has 0 saturated heterocycles. The molecule has 0 heterocycles. The highest BCUT2D eigenvalue weighted by atomic mass is 79.9. The maximum absolute atomic E-state index is 12.0. The molecule has 0 atom stereocenters. The first kappa shape index (κ1) is 18.5. The van der Waals surface area contributed by atoms with Crippen LogP contribution in [0.5, 0.6) is 0 Å². The lowest BCUT2D eigenvalue weighted by Gasteiger charge is -2.20. The van der Waals surface area contributed by atoms with Crippen LogP contribution < -0.4 is 5.32 Å². The van der Waals surface area contributed by atoms with Gasteiger partial charge in [0.2, 0.25) is 0 Å². The first-order valence-electron chi connectivity index (χ1n) is 6.74. The molecule has 120 valence electrons. The maximum Gasteiger partial charge on any atom is 0.391 e. The fourth-order valence-electron chi connectivity index (χ4n) is 1.56. The van der Waals surface area contributed by atoms with E-state index in [-0.39, 0.29) is 18.8 Å². The summed E-state index contributed by atoms with van der Waals surface area (Å²) < 4.78 is 41.9. The van der Waals surface area contributed by atoms with Crippen LogP contribution in [0.25, 0.3) is 0 Å². The summed E-state index contributed by atoms with van der Waals surface area (Å²) >= 11 is 3.43. The van der Waals surface area contributed by atoms with E-state index in [9.17, 15) is 13.2 Å². The molecule has 1 N–H and O–H groups in total. The van der Waals surface area contributed by atoms with E-state index in [4.69, 9.17) is 4.74 Å². The first-order valence-corrected chi connectivity index (χ1v) is 7.53. The van der Waals surface area contributed by atoms with Crippen molar-refractivity contribution in [3.8, 4) is 0 Å². The summed E-state index contributed by atoms with van der Waals surface area (Å²) in [6, 6.07) is 5.78. The number of hydrogen-bond donors (Lipinski definition) is 1. The number of alkyl halides is 3. The lowest BCUT2D eigenvalue weighted by atomic mass is 10.1. The number of hydrogen-bond acceptors (Lipinski definition) is 2. The molecule has 0 spiro atoms. The van der Waals surface area contributed by atoms with Gasteiger partial charge in [0.25, 0.3) is 0 Å². The molecule has 0 fully saturated rings. The number of rotatable bonds is 6. The number of benzene rings is 1. The third kappa shape index (κ3) is 8.44. The van der Waals surface area contributed by atoms with Crippen molar-refractivity contribution < 1.29 is 17.9 Å². The molecule has 0 amide bonds. The minimum absolute atomic E-state index is 0.0336. The summed E-state index contributed by atoms with van der Waals surface area (Å²) in [5.74, 6) is 0. The quantitative estimate of drug-likeness (QED) is 0.728. The van der Waals surface area contributed by atoms with Crippen molar-refractivity contribution in [2.45, 2.75) is 52.1 Å². The number of halogens is 4. The summed E-state index contributed by atoms with van der Waals surface area (Å²) in [4.78, 5) is 0. The van der Waals surface area contributed by atoms with Crippen LogP contribution in [0, 0.1) is 0 Å². The van der Waals surface area contributed by atoms with E-state index in [1.807, 2.05) is 18.2 Å². The van der Waals surface area contributed by atoms with Crippen molar-refractivity contribution >= 4 is 15.9 Å². The van der Waals surface area contributed by atoms with Crippen molar-refractivity contribution in [3.63, 3.8) is 0 Å². The molecular weight excluding hydrogens is 347 g/mol. The van der Waals surface area contributed by atoms with Crippen molar-refractivity contribution in [2.24, 2.45) is 0 Å². The van der Waals surface area contributed by atoms with Gasteiger partial charge in [-0.1, -0.05) is 28.1 Å². The molecule has 0 bridgehead atoms. The second-order valence-corrected chi connectivity index (χ2v) is 6.80. The zero-order valence-electron chi connectivity index (χ0n) is 12.5. The Morgan fingerprint density at radius 3 is 2.38 bits per heavy atom. The molecule has 0 unspecified atom stereocenters. The van der Waals surface area contributed by atoms with E-state index in [2.05, 4.69) is 42.0 Å². The van der Waals surface area contributed by atoms with E-state index in [1.54, 1.807) is 0 Å². The molecule has 1 aromatic carbocycles. The molecule has 0 saturated carbocycles. The van der Waals surface area contributed by atoms with Gasteiger partial charge < -0.3 is 10.1 Å². The lowest BCUT2D eigenvalue weighted by Crippen LogP contribution is -2.35.